The minimum atomic E-state index is -1.27. The molecule has 2 saturated heterocycles. The Hall–Kier alpha value is -3.77. The number of methoxy groups -OCH3 is 3. The van der Waals surface area contributed by atoms with E-state index in [1.165, 1.54) is 21.1 Å². The lowest BCUT2D eigenvalue weighted by atomic mass is 9.85. The van der Waals surface area contributed by atoms with Crippen molar-refractivity contribution in [2.24, 2.45) is 5.92 Å². The van der Waals surface area contributed by atoms with Crippen molar-refractivity contribution in [3.8, 4) is 46.0 Å². The van der Waals surface area contributed by atoms with Crippen LogP contribution in [0.5, 0.6) is 46.0 Å². The summed E-state index contributed by atoms with van der Waals surface area (Å²) >= 11 is 0. The highest BCUT2D eigenvalue weighted by molar-refractivity contribution is 5.68. The van der Waals surface area contributed by atoms with E-state index in [1.54, 1.807) is 19.2 Å². The van der Waals surface area contributed by atoms with E-state index in [4.69, 9.17) is 52.1 Å². The molecule has 0 saturated carbocycles. The van der Waals surface area contributed by atoms with Crippen molar-refractivity contribution < 1.29 is 56.9 Å². The van der Waals surface area contributed by atoms with Crippen molar-refractivity contribution in [2.45, 2.75) is 24.9 Å². The molecule has 2 fully saturated rings. The van der Waals surface area contributed by atoms with E-state index >= 15 is 0 Å². The summed E-state index contributed by atoms with van der Waals surface area (Å²) in [6.07, 6.45) is -1.59. The van der Waals surface area contributed by atoms with Crippen LogP contribution in [0.2, 0.25) is 0 Å². The number of hydrogen-bond donors (Lipinski definition) is 0. The highest BCUT2D eigenvalue weighted by atomic mass is 16.7. The average Bonchev–Trinajstić information content (AvgIpc) is 3.67. The van der Waals surface area contributed by atoms with Gasteiger partial charge in [0.1, 0.15) is 5.75 Å². The molecule has 0 N–H and O–H groups in total. The molecule has 4 heterocycles. The predicted octanol–water partition coefficient (Wildman–Crippen LogP) is 2.59. The second-order valence-electron chi connectivity index (χ2n) is 8.79. The van der Waals surface area contributed by atoms with Gasteiger partial charge in [-0.3, -0.25) is 4.79 Å². The Morgan fingerprint density at radius 2 is 1.57 bits per heavy atom. The molecule has 12 nitrogen and oxygen atoms in total. The lowest BCUT2D eigenvalue weighted by molar-refractivity contribution is -0.191. The molecule has 0 bridgehead atoms. The Labute approximate surface area is 212 Å². The fourth-order valence-electron chi connectivity index (χ4n) is 5.23. The van der Waals surface area contributed by atoms with Gasteiger partial charge in [0, 0.05) is 24.6 Å². The van der Waals surface area contributed by atoms with Crippen LogP contribution in [-0.4, -0.2) is 66.0 Å². The summed E-state index contributed by atoms with van der Waals surface area (Å²) in [5.41, 5.74) is -0.558. The molecule has 4 aliphatic heterocycles. The standard InChI is InChI=1S/C25H26O12/c1-12(26)37-25-9-31-20(13-5-16-17(33-10-32-16)6-15(13)27-2)14(25)8-30-24(25)36-22-18(28-3)7-19-21(23(22)29-4)35-11-34-19/h5-7,14,20,24H,8-11H2,1-4H3. The zero-order chi connectivity index (χ0) is 25.7. The summed E-state index contributed by atoms with van der Waals surface area (Å²) in [6, 6.07) is 5.20. The first-order chi connectivity index (χ1) is 18.0. The van der Waals surface area contributed by atoms with Crippen molar-refractivity contribution in [3.05, 3.63) is 23.8 Å². The number of esters is 1. The number of rotatable bonds is 7. The predicted molar refractivity (Wildman–Crippen MR) is 122 cm³/mol. The summed E-state index contributed by atoms with van der Waals surface area (Å²) in [4.78, 5) is 12.3. The second kappa shape index (κ2) is 8.96. The molecule has 2 aromatic rings. The molecular weight excluding hydrogens is 492 g/mol. The smallest absolute Gasteiger partial charge is 0.303 e. The van der Waals surface area contributed by atoms with E-state index in [1.807, 2.05) is 6.07 Å². The molecule has 0 aliphatic carbocycles. The molecule has 6 rings (SSSR count). The molecule has 0 aromatic heterocycles. The van der Waals surface area contributed by atoms with Gasteiger partial charge in [-0.1, -0.05) is 0 Å². The molecule has 0 spiro atoms. The molecule has 198 valence electrons. The number of fused-ring (bicyclic) bond motifs is 3. The maximum Gasteiger partial charge on any atom is 0.303 e. The molecule has 4 atom stereocenters. The van der Waals surface area contributed by atoms with Crippen molar-refractivity contribution in [1.82, 2.24) is 0 Å². The summed E-state index contributed by atoms with van der Waals surface area (Å²) in [5, 5.41) is 0. The Morgan fingerprint density at radius 3 is 2.30 bits per heavy atom. The third-order valence-corrected chi connectivity index (χ3v) is 6.86. The van der Waals surface area contributed by atoms with Crippen LogP contribution in [0.15, 0.2) is 18.2 Å². The van der Waals surface area contributed by atoms with Crippen molar-refractivity contribution in [3.63, 3.8) is 0 Å². The number of carbonyl (C=O) groups excluding carboxylic acids is 1. The van der Waals surface area contributed by atoms with Gasteiger partial charge in [0.15, 0.2) is 23.0 Å². The van der Waals surface area contributed by atoms with Crippen LogP contribution >= 0.6 is 0 Å². The number of hydrogen-bond acceptors (Lipinski definition) is 12. The Morgan fingerprint density at radius 1 is 0.865 bits per heavy atom. The molecular formula is C25H26O12. The topological polar surface area (TPSA) is 119 Å². The van der Waals surface area contributed by atoms with Gasteiger partial charge in [0.2, 0.25) is 42.7 Å². The Balaban J connectivity index is 1.37. The number of carbonyl (C=O) groups is 1. The third-order valence-electron chi connectivity index (χ3n) is 6.86. The van der Waals surface area contributed by atoms with Crippen LogP contribution < -0.4 is 37.9 Å². The number of benzene rings is 2. The van der Waals surface area contributed by atoms with Crippen LogP contribution in [0, 0.1) is 5.92 Å². The van der Waals surface area contributed by atoms with Crippen LogP contribution in [0.3, 0.4) is 0 Å². The minimum Gasteiger partial charge on any atom is -0.496 e. The van der Waals surface area contributed by atoms with E-state index in [-0.39, 0.29) is 38.3 Å². The van der Waals surface area contributed by atoms with Crippen LogP contribution in [0.25, 0.3) is 0 Å². The van der Waals surface area contributed by atoms with E-state index in [2.05, 4.69) is 0 Å². The van der Waals surface area contributed by atoms with E-state index in [9.17, 15) is 4.79 Å². The molecule has 4 aliphatic rings. The van der Waals surface area contributed by atoms with Gasteiger partial charge in [0.25, 0.3) is 0 Å². The SMILES string of the molecule is COc1cc2c(cc1C1OCC3(OC(C)=O)C(Oc4c(OC)cc5c(c4OC)OCO5)OCC13)OCO2. The summed E-state index contributed by atoms with van der Waals surface area (Å²) in [6.45, 7) is 1.67. The zero-order valence-corrected chi connectivity index (χ0v) is 20.7. The second-order valence-corrected chi connectivity index (χ2v) is 8.79. The molecule has 37 heavy (non-hydrogen) atoms. The highest BCUT2D eigenvalue weighted by Gasteiger charge is 2.65. The molecule has 2 aromatic carbocycles. The monoisotopic (exact) mass is 518 g/mol. The first-order valence-corrected chi connectivity index (χ1v) is 11.6. The van der Waals surface area contributed by atoms with Crippen molar-refractivity contribution in [2.75, 3.05) is 48.1 Å². The maximum absolute atomic E-state index is 12.3. The molecule has 0 radical (unpaired) electrons. The lowest BCUT2D eigenvalue weighted by Gasteiger charge is -2.32. The van der Waals surface area contributed by atoms with Gasteiger partial charge in [-0.2, -0.15) is 0 Å². The largest absolute Gasteiger partial charge is 0.496 e. The Bertz CT molecular complexity index is 1230. The van der Waals surface area contributed by atoms with E-state index in [0.717, 1.165) is 0 Å². The summed E-state index contributed by atoms with van der Waals surface area (Å²) in [7, 11) is 4.53. The van der Waals surface area contributed by atoms with Gasteiger partial charge in [0.05, 0.1) is 46.6 Å². The minimum absolute atomic E-state index is 0.0133. The third kappa shape index (κ3) is 3.62. The van der Waals surface area contributed by atoms with Crippen LogP contribution in [0.4, 0.5) is 0 Å². The quantitative estimate of drug-likeness (QED) is 0.501. The highest BCUT2D eigenvalue weighted by Crippen LogP contribution is 2.56. The maximum atomic E-state index is 12.3. The van der Waals surface area contributed by atoms with Gasteiger partial charge in [-0.15, -0.1) is 0 Å². The van der Waals surface area contributed by atoms with Crippen LogP contribution in [-0.2, 0) is 19.0 Å². The first kappa shape index (κ1) is 23.6. The molecule has 4 unspecified atom stereocenters. The fourth-order valence-corrected chi connectivity index (χ4v) is 5.23. The Kier molecular flexibility index (Phi) is 5.72. The van der Waals surface area contributed by atoms with Gasteiger partial charge in [-0.25, -0.2) is 0 Å². The normalized spacial score (nSPS) is 26.5. The number of ether oxygens (including phenoxy) is 11. The van der Waals surface area contributed by atoms with Crippen LogP contribution in [0.1, 0.15) is 18.6 Å². The average molecular weight is 518 g/mol. The lowest BCUT2D eigenvalue weighted by Crippen LogP contribution is -2.50. The summed E-state index contributed by atoms with van der Waals surface area (Å²) in [5.74, 6) is 2.43. The fraction of sp³-hybridized carbons (Fsp3) is 0.480. The molecule has 12 heteroatoms. The molecule has 0 amide bonds. The van der Waals surface area contributed by atoms with Gasteiger partial charge in [-0.05, 0) is 6.07 Å². The van der Waals surface area contributed by atoms with Crippen molar-refractivity contribution >= 4 is 5.97 Å². The van der Waals surface area contributed by atoms with Gasteiger partial charge >= 0.3 is 5.97 Å². The van der Waals surface area contributed by atoms with Crippen molar-refractivity contribution in [1.29, 1.82) is 0 Å². The van der Waals surface area contributed by atoms with E-state index in [0.29, 0.717) is 40.1 Å². The summed E-state index contributed by atoms with van der Waals surface area (Å²) < 4.78 is 63.4. The first-order valence-electron chi connectivity index (χ1n) is 11.6. The zero-order valence-electron chi connectivity index (χ0n) is 20.7. The van der Waals surface area contributed by atoms with E-state index < -0.39 is 29.9 Å². The van der Waals surface area contributed by atoms with Gasteiger partial charge < -0.3 is 52.1 Å².